The van der Waals surface area contributed by atoms with Crippen molar-refractivity contribution in [3.63, 3.8) is 0 Å². The minimum atomic E-state index is -3.82. The molecule has 0 aliphatic heterocycles. The SMILES string of the molecule is CCC(C(=O)NC(C)(C)C)N(Cc1ccc(Cl)cc1Cl)C(=O)CN(c1c(C)cccc1C)S(C)(=O)=O. The molecule has 0 heterocycles. The van der Waals surface area contributed by atoms with Gasteiger partial charge in [-0.15, -0.1) is 0 Å². The van der Waals surface area contributed by atoms with E-state index >= 15 is 0 Å². The maximum Gasteiger partial charge on any atom is 0.244 e. The third-order valence-electron chi connectivity index (χ3n) is 5.61. The summed E-state index contributed by atoms with van der Waals surface area (Å²) in [6.07, 6.45) is 1.39. The molecule has 0 aromatic heterocycles. The largest absolute Gasteiger partial charge is 0.350 e. The van der Waals surface area contributed by atoms with Crippen molar-refractivity contribution in [2.75, 3.05) is 17.1 Å². The van der Waals surface area contributed by atoms with Crippen LogP contribution in [0, 0.1) is 13.8 Å². The Bertz CT molecular complexity index is 1210. The summed E-state index contributed by atoms with van der Waals surface area (Å²) in [4.78, 5) is 28.4. The molecule has 10 heteroatoms. The average Bonchev–Trinajstić information content (AvgIpc) is 2.72. The smallest absolute Gasteiger partial charge is 0.244 e. The number of rotatable bonds is 9. The molecule has 1 atom stereocenters. The van der Waals surface area contributed by atoms with E-state index in [-0.39, 0.29) is 12.5 Å². The number of hydrogen-bond donors (Lipinski definition) is 1. The number of amides is 2. The lowest BCUT2D eigenvalue weighted by Gasteiger charge is -2.35. The van der Waals surface area contributed by atoms with E-state index in [9.17, 15) is 18.0 Å². The molecule has 0 radical (unpaired) electrons. The minimum Gasteiger partial charge on any atom is -0.350 e. The number of carbonyl (C=O) groups excluding carboxylic acids is 2. The van der Waals surface area contributed by atoms with Crippen LogP contribution < -0.4 is 9.62 Å². The molecule has 36 heavy (non-hydrogen) atoms. The number of sulfonamides is 1. The monoisotopic (exact) mass is 555 g/mol. The van der Waals surface area contributed by atoms with Crippen molar-refractivity contribution in [3.8, 4) is 0 Å². The fourth-order valence-corrected chi connectivity index (χ4v) is 5.41. The number of aryl methyl sites for hydroxylation is 2. The predicted octanol–water partition coefficient (Wildman–Crippen LogP) is 5.10. The molecule has 0 aliphatic carbocycles. The molecule has 1 unspecified atom stereocenters. The second-order valence-electron chi connectivity index (χ2n) is 9.93. The lowest BCUT2D eigenvalue weighted by Crippen LogP contribution is -2.55. The Kier molecular flexibility index (Phi) is 9.84. The van der Waals surface area contributed by atoms with Crippen molar-refractivity contribution in [1.82, 2.24) is 10.2 Å². The summed E-state index contributed by atoms with van der Waals surface area (Å²) in [6.45, 7) is 10.5. The molecule has 7 nitrogen and oxygen atoms in total. The number of nitrogens with zero attached hydrogens (tertiary/aromatic N) is 2. The van der Waals surface area contributed by atoms with Crippen LogP contribution in [0.25, 0.3) is 0 Å². The van der Waals surface area contributed by atoms with Crippen LogP contribution in [0.3, 0.4) is 0 Å². The minimum absolute atomic E-state index is 0.00919. The summed E-state index contributed by atoms with van der Waals surface area (Å²) >= 11 is 12.4. The molecule has 0 saturated heterocycles. The zero-order valence-corrected chi connectivity index (χ0v) is 24.2. The standard InChI is InChI=1S/C26H35Cl2N3O4S/c1-8-22(25(33)29-26(4,5)6)30(15-19-12-13-20(27)14-21(19)28)23(32)16-31(36(7,34)35)24-17(2)10-9-11-18(24)3/h9-14,22H,8,15-16H2,1-7H3,(H,29,33). The molecule has 2 amide bonds. The number of para-hydroxylation sites is 1. The van der Waals surface area contributed by atoms with Crippen molar-refractivity contribution in [1.29, 1.82) is 0 Å². The molecule has 0 spiro atoms. The molecular formula is C26H35Cl2N3O4S. The Hall–Kier alpha value is -2.29. The van der Waals surface area contributed by atoms with E-state index in [0.717, 1.165) is 21.7 Å². The van der Waals surface area contributed by atoms with E-state index in [2.05, 4.69) is 5.32 Å². The summed E-state index contributed by atoms with van der Waals surface area (Å²) < 4.78 is 26.8. The number of anilines is 1. The van der Waals surface area contributed by atoms with Gasteiger partial charge in [0.15, 0.2) is 0 Å². The Labute approximate surface area is 224 Å². The van der Waals surface area contributed by atoms with Gasteiger partial charge in [-0.1, -0.05) is 54.4 Å². The second kappa shape index (κ2) is 11.8. The summed E-state index contributed by atoms with van der Waals surface area (Å²) in [6, 6.07) is 9.48. The molecular weight excluding hydrogens is 521 g/mol. The van der Waals surface area contributed by atoms with Crippen molar-refractivity contribution >= 4 is 50.7 Å². The number of hydrogen-bond acceptors (Lipinski definition) is 4. The summed E-state index contributed by atoms with van der Waals surface area (Å²) in [5.74, 6) is -0.855. The van der Waals surface area contributed by atoms with E-state index < -0.39 is 34.1 Å². The van der Waals surface area contributed by atoms with E-state index in [1.165, 1.54) is 4.90 Å². The first-order valence-electron chi connectivity index (χ1n) is 11.6. The van der Waals surface area contributed by atoms with Crippen molar-refractivity contribution < 1.29 is 18.0 Å². The fourth-order valence-electron chi connectivity index (χ4n) is 3.98. The van der Waals surface area contributed by atoms with Crippen LogP contribution in [0.1, 0.15) is 50.8 Å². The average molecular weight is 557 g/mol. The van der Waals surface area contributed by atoms with Gasteiger partial charge in [-0.25, -0.2) is 8.42 Å². The van der Waals surface area contributed by atoms with Crippen LogP contribution in [0.2, 0.25) is 10.0 Å². The van der Waals surface area contributed by atoms with E-state index in [4.69, 9.17) is 23.2 Å². The highest BCUT2D eigenvalue weighted by Crippen LogP contribution is 2.28. The Morgan fingerprint density at radius 2 is 1.64 bits per heavy atom. The van der Waals surface area contributed by atoms with Crippen molar-refractivity contribution in [2.24, 2.45) is 0 Å². The van der Waals surface area contributed by atoms with Gasteiger partial charge in [-0.2, -0.15) is 0 Å². The first-order valence-corrected chi connectivity index (χ1v) is 14.2. The number of halogens is 2. The summed E-state index contributed by atoms with van der Waals surface area (Å²) in [5, 5.41) is 3.72. The first kappa shape index (κ1) is 29.9. The molecule has 198 valence electrons. The van der Waals surface area contributed by atoms with Gasteiger partial charge >= 0.3 is 0 Å². The molecule has 2 rings (SSSR count). The van der Waals surface area contributed by atoms with Crippen molar-refractivity contribution in [3.05, 3.63) is 63.1 Å². The van der Waals surface area contributed by atoms with Crippen molar-refractivity contribution in [2.45, 2.75) is 66.1 Å². The van der Waals surface area contributed by atoms with Gasteiger partial charge in [0.2, 0.25) is 21.8 Å². The van der Waals surface area contributed by atoms with Crippen LogP contribution in [0.15, 0.2) is 36.4 Å². The molecule has 0 fully saturated rings. The highest BCUT2D eigenvalue weighted by Gasteiger charge is 2.34. The van der Waals surface area contributed by atoms with Crippen LogP contribution in [0.5, 0.6) is 0 Å². The van der Waals surface area contributed by atoms with Crippen LogP contribution in [-0.4, -0.2) is 49.5 Å². The van der Waals surface area contributed by atoms with Gasteiger partial charge in [0.1, 0.15) is 12.6 Å². The lowest BCUT2D eigenvalue weighted by molar-refractivity contribution is -0.141. The quantitative estimate of drug-likeness (QED) is 0.466. The highest BCUT2D eigenvalue weighted by atomic mass is 35.5. The molecule has 2 aromatic rings. The second-order valence-corrected chi connectivity index (χ2v) is 12.7. The van der Waals surface area contributed by atoms with Gasteiger partial charge in [0, 0.05) is 22.1 Å². The van der Waals surface area contributed by atoms with E-state index in [0.29, 0.717) is 27.7 Å². The molecule has 1 N–H and O–H groups in total. The zero-order valence-electron chi connectivity index (χ0n) is 21.9. The maximum absolute atomic E-state index is 13.8. The van der Waals surface area contributed by atoms with Gasteiger partial charge in [0.25, 0.3) is 0 Å². The highest BCUT2D eigenvalue weighted by molar-refractivity contribution is 7.92. The Morgan fingerprint density at radius 1 is 1.06 bits per heavy atom. The summed E-state index contributed by atoms with van der Waals surface area (Å²) in [5.41, 5.74) is 1.96. The van der Waals surface area contributed by atoms with Gasteiger partial charge in [-0.05, 0) is 69.9 Å². The predicted molar refractivity (Wildman–Crippen MR) is 147 cm³/mol. The van der Waals surface area contributed by atoms with Gasteiger partial charge in [-0.3, -0.25) is 13.9 Å². The Morgan fingerprint density at radius 3 is 2.11 bits per heavy atom. The number of carbonyl (C=O) groups is 2. The summed E-state index contributed by atoms with van der Waals surface area (Å²) in [7, 11) is -3.82. The molecule has 0 aliphatic rings. The lowest BCUT2D eigenvalue weighted by atomic mass is 10.1. The number of benzene rings is 2. The normalized spacial score (nSPS) is 12.7. The Balaban J connectivity index is 2.55. The zero-order chi connectivity index (χ0) is 27.4. The third kappa shape index (κ3) is 7.85. The van der Waals surface area contributed by atoms with Crippen LogP contribution in [0.4, 0.5) is 5.69 Å². The first-order chi connectivity index (χ1) is 16.5. The maximum atomic E-state index is 13.8. The van der Waals surface area contributed by atoms with Gasteiger partial charge < -0.3 is 10.2 Å². The van der Waals surface area contributed by atoms with Crippen LogP contribution >= 0.6 is 23.2 Å². The van der Waals surface area contributed by atoms with Crippen LogP contribution in [-0.2, 0) is 26.2 Å². The fraction of sp³-hybridized carbons (Fsp3) is 0.462. The molecule has 0 bridgehead atoms. The van der Waals surface area contributed by atoms with Gasteiger partial charge in [0.05, 0.1) is 11.9 Å². The number of nitrogens with one attached hydrogen (secondary N) is 1. The topological polar surface area (TPSA) is 86.8 Å². The van der Waals surface area contributed by atoms with E-state index in [1.54, 1.807) is 51.1 Å². The van der Waals surface area contributed by atoms with E-state index in [1.807, 2.05) is 26.8 Å². The molecule has 2 aromatic carbocycles. The third-order valence-corrected chi connectivity index (χ3v) is 7.31. The molecule has 0 saturated carbocycles.